The molecule has 1 aliphatic rings. The molecule has 21 heavy (non-hydrogen) atoms. The van der Waals surface area contributed by atoms with E-state index in [9.17, 15) is 18.5 Å². The summed E-state index contributed by atoms with van der Waals surface area (Å²) in [6.07, 6.45) is 2.80. The first-order valence-corrected chi connectivity index (χ1v) is 8.54. The zero-order valence-electron chi connectivity index (χ0n) is 12.0. The molecule has 6 nitrogen and oxygen atoms in total. The molecule has 0 N–H and O–H groups in total. The van der Waals surface area contributed by atoms with E-state index < -0.39 is 20.0 Å². The number of benzene rings is 1. The number of nitro benzene ring substituents is 1. The predicted octanol–water partition coefficient (Wildman–Crippen LogP) is 2.04. The molecule has 1 saturated heterocycles. The van der Waals surface area contributed by atoms with Crippen LogP contribution in [0.25, 0.3) is 0 Å². The molecule has 1 aromatic carbocycles. The number of likely N-dealkylation sites (tertiary alicyclic amines) is 1. The van der Waals surface area contributed by atoms with Gasteiger partial charge in [-0.05, 0) is 51.9 Å². The Morgan fingerprint density at radius 2 is 1.95 bits per heavy atom. The standard InChI is InChI=1S/C14H19N2O4S/c1-15-9-3-7-13(8-4-10-15)21(19,20)14-6-2-5-12(11-14)16(17)18/h2,5,11,13H,3-4,7-10H2,1H3. The molecule has 0 aromatic heterocycles. The summed E-state index contributed by atoms with van der Waals surface area (Å²) in [6.45, 7) is 1.76. The minimum atomic E-state index is -3.55. The van der Waals surface area contributed by atoms with Crippen LogP contribution in [-0.4, -0.2) is 43.6 Å². The molecule has 0 atom stereocenters. The normalized spacial score (nSPS) is 18.9. The highest BCUT2D eigenvalue weighted by Crippen LogP contribution is 2.26. The van der Waals surface area contributed by atoms with Crippen molar-refractivity contribution in [3.63, 3.8) is 0 Å². The zero-order chi connectivity index (χ0) is 15.5. The molecule has 0 spiro atoms. The number of non-ortho nitro benzene ring substituents is 1. The van der Waals surface area contributed by atoms with E-state index >= 15 is 0 Å². The molecule has 0 amide bonds. The molecular weight excluding hydrogens is 292 g/mol. The summed E-state index contributed by atoms with van der Waals surface area (Å²) in [5.41, 5.74) is -0.210. The highest BCUT2D eigenvalue weighted by atomic mass is 32.2. The van der Waals surface area contributed by atoms with Crippen LogP contribution in [0, 0.1) is 16.2 Å². The maximum absolute atomic E-state index is 12.6. The number of nitrogens with zero attached hydrogens (tertiary/aromatic N) is 2. The van der Waals surface area contributed by atoms with Crippen molar-refractivity contribution in [2.75, 3.05) is 20.1 Å². The fourth-order valence-electron chi connectivity index (χ4n) is 2.63. The topological polar surface area (TPSA) is 80.5 Å². The molecule has 1 fully saturated rings. The van der Waals surface area contributed by atoms with Gasteiger partial charge in [0.25, 0.3) is 5.69 Å². The van der Waals surface area contributed by atoms with Crippen molar-refractivity contribution in [3.8, 4) is 0 Å². The average molecular weight is 311 g/mol. The van der Waals surface area contributed by atoms with Gasteiger partial charge < -0.3 is 4.90 Å². The fourth-order valence-corrected chi connectivity index (χ4v) is 4.47. The quantitative estimate of drug-likeness (QED) is 0.630. The Morgan fingerprint density at radius 1 is 1.33 bits per heavy atom. The van der Waals surface area contributed by atoms with Crippen LogP contribution in [0.5, 0.6) is 0 Å². The zero-order valence-corrected chi connectivity index (χ0v) is 12.8. The van der Waals surface area contributed by atoms with E-state index in [-0.39, 0.29) is 10.6 Å². The van der Waals surface area contributed by atoms with Gasteiger partial charge in [-0.1, -0.05) is 0 Å². The lowest BCUT2D eigenvalue weighted by molar-refractivity contribution is -0.385. The van der Waals surface area contributed by atoms with Gasteiger partial charge in [0.1, 0.15) is 0 Å². The van der Waals surface area contributed by atoms with Gasteiger partial charge in [-0.2, -0.15) is 0 Å². The van der Waals surface area contributed by atoms with E-state index in [1.807, 2.05) is 7.05 Å². The van der Waals surface area contributed by atoms with Gasteiger partial charge in [-0.25, -0.2) is 8.42 Å². The molecule has 0 unspecified atom stereocenters. The largest absolute Gasteiger partial charge is 0.306 e. The van der Waals surface area contributed by atoms with Gasteiger partial charge in [-0.3, -0.25) is 10.1 Å². The van der Waals surface area contributed by atoms with Crippen LogP contribution in [-0.2, 0) is 9.84 Å². The van der Waals surface area contributed by atoms with Crippen LogP contribution in [0.2, 0.25) is 0 Å². The highest BCUT2D eigenvalue weighted by molar-refractivity contribution is 7.92. The predicted molar refractivity (Wildman–Crippen MR) is 78.9 cm³/mol. The van der Waals surface area contributed by atoms with Crippen molar-refractivity contribution < 1.29 is 13.3 Å². The van der Waals surface area contributed by atoms with Gasteiger partial charge in [0, 0.05) is 18.2 Å². The van der Waals surface area contributed by atoms with Crippen molar-refractivity contribution >= 4 is 15.5 Å². The summed E-state index contributed by atoms with van der Waals surface area (Å²) in [7, 11) is -1.52. The smallest absolute Gasteiger partial charge is 0.270 e. The van der Waals surface area contributed by atoms with E-state index in [1.54, 1.807) is 0 Å². The average Bonchev–Trinajstić information content (AvgIpc) is 2.42. The number of hydrogen-bond acceptors (Lipinski definition) is 5. The molecule has 7 heteroatoms. The molecule has 1 aliphatic heterocycles. The van der Waals surface area contributed by atoms with E-state index in [0.717, 1.165) is 32.0 Å². The first kappa shape index (κ1) is 15.9. The van der Waals surface area contributed by atoms with Gasteiger partial charge >= 0.3 is 0 Å². The molecule has 1 heterocycles. The first-order valence-electron chi connectivity index (χ1n) is 7.00. The maximum Gasteiger partial charge on any atom is 0.270 e. The highest BCUT2D eigenvalue weighted by Gasteiger charge is 2.29. The van der Waals surface area contributed by atoms with Crippen molar-refractivity contribution in [2.45, 2.75) is 35.8 Å². The Kier molecular flexibility index (Phi) is 4.95. The summed E-state index contributed by atoms with van der Waals surface area (Å²) < 4.78 is 25.3. The van der Waals surface area contributed by atoms with Crippen LogP contribution < -0.4 is 0 Å². The van der Waals surface area contributed by atoms with Crippen LogP contribution in [0.3, 0.4) is 0 Å². The molecular formula is C14H19N2O4S. The van der Waals surface area contributed by atoms with Crippen LogP contribution in [0.1, 0.15) is 25.7 Å². The van der Waals surface area contributed by atoms with Gasteiger partial charge in [0.15, 0.2) is 9.84 Å². The second kappa shape index (κ2) is 6.53. The number of hydrogen-bond donors (Lipinski definition) is 0. The second-order valence-electron chi connectivity index (χ2n) is 5.42. The summed E-state index contributed by atoms with van der Waals surface area (Å²) in [4.78, 5) is 12.3. The maximum atomic E-state index is 12.6. The van der Waals surface area contributed by atoms with Crippen molar-refractivity contribution in [3.05, 3.63) is 34.4 Å². The lowest BCUT2D eigenvalue weighted by Crippen LogP contribution is -2.30. The second-order valence-corrected chi connectivity index (χ2v) is 7.62. The third kappa shape index (κ3) is 3.79. The van der Waals surface area contributed by atoms with Crippen LogP contribution in [0.4, 0.5) is 5.69 Å². The van der Waals surface area contributed by atoms with E-state index in [0.29, 0.717) is 12.8 Å². The monoisotopic (exact) mass is 311 g/mol. The van der Waals surface area contributed by atoms with Crippen LogP contribution in [0.15, 0.2) is 23.1 Å². The molecule has 0 aliphatic carbocycles. The first-order chi connectivity index (χ1) is 9.91. The van der Waals surface area contributed by atoms with E-state index in [2.05, 4.69) is 11.0 Å². The molecule has 115 valence electrons. The molecule has 0 bridgehead atoms. The summed E-state index contributed by atoms with van der Waals surface area (Å²) >= 11 is 0. The SMILES string of the molecule is CN1CCCC(S(=O)(=O)c2[c]ccc([N+](=O)[O-])c2)CCC1. The number of nitro groups is 1. The molecule has 1 radical (unpaired) electrons. The lowest BCUT2D eigenvalue weighted by atomic mass is 10.1. The third-order valence-corrected chi connectivity index (χ3v) is 6.04. The molecule has 0 saturated carbocycles. The van der Waals surface area contributed by atoms with E-state index in [1.165, 1.54) is 12.1 Å². The fraction of sp³-hybridized carbons (Fsp3) is 0.571. The summed E-state index contributed by atoms with van der Waals surface area (Å²) in [5.74, 6) is 0. The molecule has 2 rings (SSSR count). The van der Waals surface area contributed by atoms with Crippen LogP contribution >= 0.6 is 0 Å². The Balaban J connectivity index is 2.24. The van der Waals surface area contributed by atoms with Gasteiger partial charge in [-0.15, -0.1) is 0 Å². The summed E-state index contributed by atoms with van der Waals surface area (Å²) in [6, 6.07) is 6.32. The minimum Gasteiger partial charge on any atom is -0.306 e. The van der Waals surface area contributed by atoms with E-state index in [4.69, 9.17) is 0 Å². The Hall–Kier alpha value is -1.47. The van der Waals surface area contributed by atoms with Crippen molar-refractivity contribution in [1.82, 2.24) is 4.90 Å². The molecule has 1 aromatic rings. The van der Waals surface area contributed by atoms with Gasteiger partial charge in [0.05, 0.1) is 15.1 Å². The van der Waals surface area contributed by atoms with Gasteiger partial charge in [0.2, 0.25) is 0 Å². The summed E-state index contributed by atoms with van der Waals surface area (Å²) in [5, 5.41) is 10.3. The minimum absolute atomic E-state index is 0.0596. The Bertz CT molecular complexity index is 605. The number of rotatable bonds is 3. The number of sulfone groups is 1. The lowest BCUT2D eigenvalue weighted by Gasteiger charge is -2.24. The van der Waals surface area contributed by atoms with Crippen molar-refractivity contribution in [2.24, 2.45) is 0 Å². The Morgan fingerprint density at radius 3 is 2.52 bits per heavy atom. The van der Waals surface area contributed by atoms with Crippen molar-refractivity contribution in [1.29, 1.82) is 0 Å². The Labute approximate surface area is 124 Å². The third-order valence-electron chi connectivity index (χ3n) is 3.85.